The molecule has 0 aromatic carbocycles. The van der Waals surface area contributed by atoms with Crippen LogP contribution in [0.4, 0.5) is 0 Å². The van der Waals surface area contributed by atoms with E-state index in [9.17, 15) is 4.79 Å². The van der Waals surface area contributed by atoms with Crippen molar-refractivity contribution in [3.8, 4) is 0 Å². The maximum absolute atomic E-state index is 11.3. The van der Waals surface area contributed by atoms with Crippen molar-refractivity contribution in [3.05, 3.63) is 0 Å². The molecule has 1 rings (SSSR count). The van der Waals surface area contributed by atoms with Gasteiger partial charge >= 0.3 is 0 Å². The number of nitrogens with zero attached hydrogens (tertiary/aromatic N) is 1. The highest BCUT2D eigenvalue weighted by atomic mass is 16.1. The molecule has 14 heavy (non-hydrogen) atoms. The van der Waals surface area contributed by atoms with Crippen LogP contribution in [0.25, 0.3) is 0 Å². The fourth-order valence-corrected chi connectivity index (χ4v) is 1.82. The first kappa shape index (κ1) is 11.5. The Morgan fingerprint density at radius 2 is 2.43 bits per heavy atom. The molecule has 1 aliphatic rings. The van der Waals surface area contributed by atoms with Gasteiger partial charge in [-0.1, -0.05) is 0 Å². The van der Waals surface area contributed by atoms with Gasteiger partial charge in [0.25, 0.3) is 0 Å². The topological polar surface area (TPSA) is 58.4 Å². The van der Waals surface area contributed by atoms with Crippen molar-refractivity contribution in [1.82, 2.24) is 10.2 Å². The van der Waals surface area contributed by atoms with E-state index >= 15 is 0 Å². The molecule has 1 amide bonds. The maximum atomic E-state index is 11.3. The van der Waals surface area contributed by atoms with Gasteiger partial charge in [0.1, 0.15) is 0 Å². The van der Waals surface area contributed by atoms with E-state index in [1.165, 1.54) is 6.42 Å². The summed E-state index contributed by atoms with van der Waals surface area (Å²) in [6, 6.07) is -0.0405. The van der Waals surface area contributed by atoms with Gasteiger partial charge in [-0.3, -0.25) is 4.79 Å². The van der Waals surface area contributed by atoms with Crippen molar-refractivity contribution in [3.63, 3.8) is 0 Å². The zero-order valence-corrected chi connectivity index (χ0v) is 9.12. The van der Waals surface area contributed by atoms with Crippen LogP contribution in [0.15, 0.2) is 0 Å². The third-order valence-electron chi connectivity index (χ3n) is 2.58. The fourth-order valence-electron chi connectivity index (χ4n) is 1.82. The first-order chi connectivity index (χ1) is 6.58. The molecule has 0 saturated carbocycles. The summed E-state index contributed by atoms with van der Waals surface area (Å²) in [5, 5.41) is 2.93. The second-order valence-corrected chi connectivity index (χ2v) is 4.40. The van der Waals surface area contributed by atoms with Crippen molar-refractivity contribution in [1.29, 1.82) is 0 Å². The van der Waals surface area contributed by atoms with Crippen molar-refractivity contribution >= 4 is 5.91 Å². The maximum Gasteiger partial charge on any atom is 0.221 e. The molecule has 0 aliphatic carbocycles. The quantitative estimate of drug-likeness (QED) is 0.659. The number of rotatable bonds is 4. The number of carbonyl (C=O) groups excluding carboxylic acids is 1. The van der Waals surface area contributed by atoms with Gasteiger partial charge in [0, 0.05) is 25.6 Å². The van der Waals surface area contributed by atoms with Crippen LogP contribution >= 0.6 is 0 Å². The number of nitrogens with two attached hydrogens (primary N) is 1. The van der Waals surface area contributed by atoms with E-state index in [1.807, 2.05) is 6.92 Å². The monoisotopic (exact) mass is 199 g/mol. The lowest BCUT2D eigenvalue weighted by molar-refractivity contribution is -0.121. The Morgan fingerprint density at radius 1 is 1.71 bits per heavy atom. The molecule has 2 unspecified atom stereocenters. The number of likely N-dealkylation sites (tertiary alicyclic amines) is 1. The minimum Gasteiger partial charge on any atom is -0.356 e. The average Bonchev–Trinajstić information content (AvgIpc) is 2.47. The molecule has 1 saturated heterocycles. The molecule has 0 aromatic rings. The van der Waals surface area contributed by atoms with Crippen molar-refractivity contribution in [2.24, 2.45) is 11.7 Å². The molecule has 82 valence electrons. The third kappa shape index (κ3) is 4.07. The summed E-state index contributed by atoms with van der Waals surface area (Å²) in [4.78, 5) is 13.6. The molecule has 1 aliphatic heterocycles. The van der Waals surface area contributed by atoms with Crippen molar-refractivity contribution in [2.45, 2.75) is 25.8 Å². The first-order valence-corrected chi connectivity index (χ1v) is 5.28. The summed E-state index contributed by atoms with van der Waals surface area (Å²) in [5.74, 6) is 0.701. The van der Waals surface area contributed by atoms with Gasteiger partial charge < -0.3 is 16.0 Å². The van der Waals surface area contributed by atoms with Crippen LogP contribution in [0.3, 0.4) is 0 Å². The highest BCUT2D eigenvalue weighted by molar-refractivity contribution is 5.76. The Bertz CT molecular complexity index is 194. The summed E-state index contributed by atoms with van der Waals surface area (Å²) < 4.78 is 0. The second kappa shape index (κ2) is 5.32. The van der Waals surface area contributed by atoms with E-state index in [0.29, 0.717) is 12.3 Å². The number of nitrogens with one attached hydrogen (secondary N) is 1. The second-order valence-electron chi connectivity index (χ2n) is 4.40. The summed E-state index contributed by atoms with van der Waals surface area (Å²) in [6.07, 6.45) is 1.62. The predicted octanol–water partition coefficient (Wildman–Crippen LogP) is -0.208. The number of amides is 1. The molecule has 0 radical (unpaired) electrons. The summed E-state index contributed by atoms with van der Waals surface area (Å²) in [5.41, 5.74) is 5.53. The van der Waals surface area contributed by atoms with Crippen LogP contribution in [-0.2, 0) is 4.79 Å². The predicted molar refractivity (Wildman–Crippen MR) is 56.9 cm³/mol. The van der Waals surface area contributed by atoms with Gasteiger partial charge in [-0.25, -0.2) is 0 Å². The lowest BCUT2D eigenvalue weighted by Crippen LogP contribution is -2.33. The minimum atomic E-state index is -0.0405. The van der Waals surface area contributed by atoms with Crippen LogP contribution in [0.2, 0.25) is 0 Å². The minimum absolute atomic E-state index is 0.0405. The van der Waals surface area contributed by atoms with Gasteiger partial charge in [-0.05, 0) is 32.9 Å². The molecule has 4 nitrogen and oxygen atoms in total. The number of hydrogen-bond donors (Lipinski definition) is 2. The highest BCUT2D eigenvalue weighted by Crippen LogP contribution is 2.12. The normalized spacial score (nSPS) is 24.9. The molecule has 1 fully saturated rings. The van der Waals surface area contributed by atoms with Crippen LogP contribution in [-0.4, -0.2) is 43.5 Å². The largest absolute Gasteiger partial charge is 0.356 e. The highest BCUT2D eigenvalue weighted by Gasteiger charge is 2.19. The molecule has 4 heteroatoms. The lowest BCUT2D eigenvalue weighted by atomic mass is 10.1. The molecule has 3 N–H and O–H groups in total. The van der Waals surface area contributed by atoms with Gasteiger partial charge in [0.2, 0.25) is 5.91 Å². The van der Waals surface area contributed by atoms with Gasteiger partial charge in [-0.15, -0.1) is 0 Å². The van der Waals surface area contributed by atoms with Crippen molar-refractivity contribution < 1.29 is 4.79 Å². The Kier molecular flexibility index (Phi) is 4.35. The molecule has 0 aromatic heterocycles. The summed E-state index contributed by atoms with van der Waals surface area (Å²) in [7, 11) is 2.11. The first-order valence-electron chi connectivity index (χ1n) is 5.28. The van der Waals surface area contributed by atoms with Crippen LogP contribution < -0.4 is 11.1 Å². The Morgan fingerprint density at radius 3 is 2.93 bits per heavy atom. The molecular formula is C10H21N3O. The van der Waals surface area contributed by atoms with E-state index in [1.54, 1.807) is 0 Å². The van der Waals surface area contributed by atoms with E-state index in [0.717, 1.165) is 19.6 Å². The van der Waals surface area contributed by atoms with Crippen LogP contribution in [0, 0.1) is 5.92 Å². The van der Waals surface area contributed by atoms with Crippen LogP contribution in [0.1, 0.15) is 19.8 Å². The van der Waals surface area contributed by atoms with Gasteiger partial charge in [0.15, 0.2) is 0 Å². The Balaban J connectivity index is 2.11. The van der Waals surface area contributed by atoms with Gasteiger partial charge in [-0.2, -0.15) is 0 Å². The Labute approximate surface area is 85.8 Å². The summed E-state index contributed by atoms with van der Waals surface area (Å²) >= 11 is 0. The standard InChI is InChI=1S/C10H21N3O/c1-8(11)5-10(14)12-6-9-3-4-13(2)7-9/h8-9H,3-7,11H2,1-2H3,(H,12,14). The van der Waals surface area contributed by atoms with Crippen molar-refractivity contribution in [2.75, 3.05) is 26.7 Å². The molecular weight excluding hydrogens is 178 g/mol. The molecule has 0 spiro atoms. The number of hydrogen-bond acceptors (Lipinski definition) is 3. The smallest absolute Gasteiger partial charge is 0.221 e. The zero-order chi connectivity index (χ0) is 10.6. The number of carbonyl (C=O) groups is 1. The zero-order valence-electron chi connectivity index (χ0n) is 9.12. The van der Waals surface area contributed by atoms with Gasteiger partial charge in [0.05, 0.1) is 0 Å². The van der Waals surface area contributed by atoms with E-state index in [-0.39, 0.29) is 11.9 Å². The molecule has 0 bridgehead atoms. The van der Waals surface area contributed by atoms with E-state index in [4.69, 9.17) is 5.73 Å². The SMILES string of the molecule is CC(N)CC(=O)NCC1CCN(C)C1. The van der Waals surface area contributed by atoms with Crippen LogP contribution in [0.5, 0.6) is 0 Å². The molecule has 1 heterocycles. The fraction of sp³-hybridized carbons (Fsp3) is 0.900. The Hall–Kier alpha value is -0.610. The third-order valence-corrected chi connectivity index (χ3v) is 2.58. The molecule has 2 atom stereocenters. The van der Waals surface area contributed by atoms with E-state index < -0.39 is 0 Å². The summed E-state index contributed by atoms with van der Waals surface area (Å²) in [6.45, 7) is 4.89. The van der Waals surface area contributed by atoms with E-state index in [2.05, 4.69) is 17.3 Å². The average molecular weight is 199 g/mol. The lowest BCUT2D eigenvalue weighted by Gasteiger charge is -2.12.